The van der Waals surface area contributed by atoms with Crippen LogP contribution >= 0.6 is 0 Å². The molecule has 2 atom stereocenters. The van der Waals surface area contributed by atoms with E-state index in [2.05, 4.69) is 0 Å². The second kappa shape index (κ2) is 3.17. The molecule has 2 fully saturated rings. The molecular weight excluding hydrogens is 176 g/mol. The Morgan fingerprint density at radius 2 is 2.15 bits per heavy atom. The lowest BCUT2D eigenvalue weighted by molar-refractivity contribution is 0.0272. The molecule has 0 saturated carbocycles. The van der Waals surface area contributed by atoms with Gasteiger partial charge in [0.2, 0.25) is 6.43 Å². The third kappa shape index (κ3) is 1.46. The molecule has 0 aromatic carbocycles. The van der Waals surface area contributed by atoms with Crippen molar-refractivity contribution >= 4 is 0 Å². The van der Waals surface area contributed by atoms with Gasteiger partial charge in [-0.2, -0.15) is 0 Å². The Labute approximate surface area is 76.5 Å². The highest BCUT2D eigenvalue weighted by atomic mass is 19.3. The van der Waals surface area contributed by atoms with Crippen LogP contribution in [-0.4, -0.2) is 23.1 Å². The van der Waals surface area contributed by atoms with Crippen molar-refractivity contribution in [1.82, 2.24) is 5.06 Å². The summed E-state index contributed by atoms with van der Waals surface area (Å²) in [5, 5.41) is 12.6. The minimum absolute atomic E-state index is 0.0347. The Hall–Kier alpha value is -0.220. The summed E-state index contributed by atoms with van der Waals surface area (Å²) in [5.74, 6) is 0. The van der Waals surface area contributed by atoms with Gasteiger partial charge in [0.25, 0.3) is 0 Å². The molecule has 2 heterocycles. The van der Waals surface area contributed by atoms with E-state index in [-0.39, 0.29) is 12.5 Å². The molecule has 2 unspecified atom stereocenters. The van der Waals surface area contributed by atoms with Gasteiger partial charge in [-0.05, 0) is 31.7 Å². The molecule has 2 aliphatic rings. The van der Waals surface area contributed by atoms with Gasteiger partial charge in [-0.1, -0.05) is 6.42 Å². The zero-order valence-electron chi connectivity index (χ0n) is 7.51. The van der Waals surface area contributed by atoms with Crippen LogP contribution < -0.4 is 0 Å². The summed E-state index contributed by atoms with van der Waals surface area (Å²) in [7, 11) is 0. The van der Waals surface area contributed by atoms with Gasteiger partial charge in [0.15, 0.2) is 0 Å². The van der Waals surface area contributed by atoms with Gasteiger partial charge in [-0.15, -0.1) is 0 Å². The first-order chi connectivity index (χ1) is 6.14. The maximum Gasteiger partial charge on any atom is 0.240 e. The van der Waals surface area contributed by atoms with Crippen molar-refractivity contribution < 1.29 is 8.78 Å². The number of piperidine rings is 1. The highest BCUT2D eigenvalue weighted by molar-refractivity contribution is 5.04. The van der Waals surface area contributed by atoms with Crippen LogP contribution in [0.5, 0.6) is 0 Å². The lowest BCUT2D eigenvalue weighted by atomic mass is 9.87. The van der Waals surface area contributed by atoms with Crippen LogP contribution in [0.3, 0.4) is 0 Å². The quantitative estimate of drug-likeness (QED) is 0.668. The van der Waals surface area contributed by atoms with Crippen LogP contribution in [-0.2, 0) is 0 Å². The maximum absolute atomic E-state index is 12.3. The van der Waals surface area contributed by atoms with E-state index in [1.807, 2.05) is 0 Å². The molecule has 2 bridgehead atoms. The fraction of sp³-hybridized carbons (Fsp3) is 1.00. The average molecular weight is 190 g/mol. The maximum atomic E-state index is 12.3. The van der Waals surface area contributed by atoms with Crippen molar-refractivity contribution in [3.63, 3.8) is 0 Å². The summed E-state index contributed by atoms with van der Waals surface area (Å²) in [6.07, 6.45) is 1.42. The molecule has 0 radical (unpaired) electrons. The Morgan fingerprint density at radius 1 is 1.38 bits per heavy atom. The van der Waals surface area contributed by atoms with E-state index in [1.54, 1.807) is 0 Å². The van der Waals surface area contributed by atoms with Crippen LogP contribution in [0.15, 0.2) is 0 Å². The van der Waals surface area contributed by atoms with E-state index < -0.39 is 12.0 Å². The molecule has 0 N–H and O–H groups in total. The van der Waals surface area contributed by atoms with Gasteiger partial charge >= 0.3 is 0 Å². The molecule has 0 aromatic rings. The minimum atomic E-state index is -2.34. The van der Waals surface area contributed by atoms with Gasteiger partial charge in [0.05, 0.1) is 0 Å². The highest BCUT2D eigenvalue weighted by Gasteiger charge is 2.44. The van der Waals surface area contributed by atoms with Crippen molar-refractivity contribution in [1.29, 1.82) is 0 Å². The first-order valence-electron chi connectivity index (χ1n) is 4.89. The third-order valence-electron chi connectivity index (χ3n) is 3.46. The van der Waals surface area contributed by atoms with Gasteiger partial charge in [0, 0.05) is 12.0 Å². The third-order valence-corrected chi connectivity index (χ3v) is 3.46. The van der Waals surface area contributed by atoms with E-state index in [0.29, 0.717) is 12.8 Å². The van der Waals surface area contributed by atoms with Crippen LogP contribution in [0, 0.1) is 5.21 Å². The first-order valence-corrected chi connectivity index (χ1v) is 4.89. The van der Waals surface area contributed by atoms with Crippen LogP contribution in [0.1, 0.15) is 38.5 Å². The van der Waals surface area contributed by atoms with Crippen molar-refractivity contribution in [3.8, 4) is 0 Å². The lowest BCUT2D eigenvalue weighted by Crippen LogP contribution is -2.47. The molecule has 76 valence electrons. The lowest BCUT2D eigenvalue weighted by Gasteiger charge is -2.50. The zero-order valence-corrected chi connectivity index (χ0v) is 7.51. The van der Waals surface area contributed by atoms with Crippen LogP contribution in [0.2, 0.25) is 0 Å². The topological polar surface area (TPSA) is 26.3 Å². The predicted octanol–water partition coefficient (Wildman–Crippen LogP) is 2.53. The van der Waals surface area contributed by atoms with Crippen molar-refractivity contribution in [2.45, 2.75) is 56.5 Å². The Bertz CT molecular complexity index is 196. The Balaban J connectivity index is 2.11. The molecule has 13 heavy (non-hydrogen) atoms. The van der Waals surface area contributed by atoms with E-state index in [4.69, 9.17) is 0 Å². The monoisotopic (exact) mass is 190 g/mol. The highest BCUT2D eigenvalue weighted by Crippen LogP contribution is 2.46. The molecule has 0 aliphatic carbocycles. The summed E-state index contributed by atoms with van der Waals surface area (Å²) < 4.78 is 24.6. The fourth-order valence-corrected chi connectivity index (χ4v) is 2.79. The number of fused-ring (bicyclic) bond motifs is 2. The second-order valence-corrected chi connectivity index (χ2v) is 4.23. The standard InChI is InChI=1S/C9H14F2NO/c10-8(11)6-9-4-1-2-7(3-5-9)12(9)13/h7-8H,1-6H2/q-1. The number of halogens is 2. The van der Waals surface area contributed by atoms with Crippen molar-refractivity contribution in [3.05, 3.63) is 5.21 Å². The molecule has 4 heteroatoms. The summed E-state index contributed by atoms with van der Waals surface area (Å²) in [5.41, 5.74) is -0.697. The number of rotatable bonds is 2. The van der Waals surface area contributed by atoms with E-state index in [9.17, 15) is 14.0 Å². The summed E-state index contributed by atoms with van der Waals surface area (Å²) >= 11 is 0. The predicted molar refractivity (Wildman–Crippen MR) is 45.4 cm³/mol. The molecule has 0 amide bonds. The fourth-order valence-electron chi connectivity index (χ4n) is 2.79. The van der Waals surface area contributed by atoms with Gasteiger partial charge < -0.3 is 10.3 Å². The summed E-state index contributed by atoms with van der Waals surface area (Å²) in [6.45, 7) is 0. The van der Waals surface area contributed by atoms with E-state index >= 15 is 0 Å². The molecule has 2 rings (SSSR count). The molecule has 0 aromatic heterocycles. The Kier molecular flexibility index (Phi) is 2.28. The second-order valence-electron chi connectivity index (χ2n) is 4.23. The average Bonchev–Trinajstić information content (AvgIpc) is 2.30. The van der Waals surface area contributed by atoms with Crippen molar-refractivity contribution in [2.24, 2.45) is 0 Å². The molecule has 0 spiro atoms. The normalized spacial score (nSPS) is 40.2. The molecular formula is C9H14F2NO-. The molecule has 2 aliphatic heterocycles. The van der Waals surface area contributed by atoms with Gasteiger partial charge in [0.1, 0.15) is 0 Å². The van der Waals surface area contributed by atoms with Gasteiger partial charge in [-0.3, -0.25) is 0 Å². The molecule has 2 nitrogen and oxygen atoms in total. The number of hydrogen-bond donors (Lipinski definition) is 0. The minimum Gasteiger partial charge on any atom is -0.785 e. The van der Waals surface area contributed by atoms with Crippen molar-refractivity contribution in [2.75, 3.05) is 0 Å². The van der Waals surface area contributed by atoms with Crippen LogP contribution in [0.25, 0.3) is 0 Å². The van der Waals surface area contributed by atoms with Gasteiger partial charge in [-0.25, -0.2) is 8.78 Å². The number of hydroxylamine groups is 2. The summed E-state index contributed by atoms with van der Waals surface area (Å²) in [4.78, 5) is 0. The zero-order chi connectivity index (χ0) is 9.47. The number of nitrogens with zero attached hydrogens (tertiary/aromatic N) is 1. The smallest absolute Gasteiger partial charge is 0.240 e. The summed E-state index contributed by atoms with van der Waals surface area (Å²) in [6, 6.07) is 0.0347. The van der Waals surface area contributed by atoms with Crippen LogP contribution in [0.4, 0.5) is 8.78 Å². The Morgan fingerprint density at radius 3 is 2.85 bits per heavy atom. The molecule has 2 saturated heterocycles. The number of alkyl halides is 2. The van der Waals surface area contributed by atoms with E-state index in [1.165, 1.54) is 0 Å². The largest absolute Gasteiger partial charge is 0.785 e. The van der Waals surface area contributed by atoms with E-state index in [0.717, 1.165) is 24.3 Å². The SMILES string of the molecule is [O-]N1C2CCCC1(CC(F)F)CC2. The number of hydrogen-bond acceptors (Lipinski definition) is 2. The first kappa shape index (κ1) is 9.34.